The van der Waals surface area contributed by atoms with Crippen molar-refractivity contribution in [1.29, 1.82) is 0 Å². The summed E-state index contributed by atoms with van der Waals surface area (Å²) in [6, 6.07) is 21.9. The third kappa shape index (κ3) is 3.47. The van der Waals surface area contributed by atoms with Crippen molar-refractivity contribution in [1.82, 2.24) is 9.78 Å². The van der Waals surface area contributed by atoms with Gasteiger partial charge in [0.2, 0.25) is 5.91 Å². The standard InChI is InChI=1S/C23H21N3O/c1-16-10-12-20(13-11-16)25-23(27)17(2)26-15-19(14-24-26)22-9-5-7-18-6-3-4-8-21(18)22/h3-15,17H,1-2H3,(H,25,27). The third-order valence-corrected chi connectivity index (χ3v) is 4.80. The number of nitrogens with zero attached hydrogens (tertiary/aromatic N) is 2. The quantitative estimate of drug-likeness (QED) is 0.546. The van der Waals surface area contributed by atoms with Gasteiger partial charge >= 0.3 is 0 Å². The number of carbonyl (C=O) groups excluding carboxylic acids is 1. The molecule has 1 unspecified atom stereocenters. The molecule has 134 valence electrons. The Balaban J connectivity index is 1.58. The molecule has 0 saturated carbocycles. The van der Waals surface area contributed by atoms with Gasteiger partial charge in [-0.05, 0) is 42.3 Å². The van der Waals surface area contributed by atoms with E-state index in [1.165, 1.54) is 10.8 Å². The topological polar surface area (TPSA) is 46.9 Å². The molecule has 27 heavy (non-hydrogen) atoms. The van der Waals surface area contributed by atoms with Crippen LogP contribution >= 0.6 is 0 Å². The molecule has 0 spiro atoms. The van der Waals surface area contributed by atoms with Gasteiger partial charge in [0.15, 0.2) is 0 Å². The monoisotopic (exact) mass is 355 g/mol. The molecule has 1 atom stereocenters. The molecule has 0 fully saturated rings. The molecular formula is C23H21N3O. The minimum Gasteiger partial charge on any atom is -0.324 e. The molecular weight excluding hydrogens is 334 g/mol. The van der Waals surface area contributed by atoms with E-state index in [2.05, 4.69) is 34.7 Å². The molecule has 1 heterocycles. The van der Waals surface area contributed by atoms with Gasteiger partial charge in [0.25, 0.3) is 0 Å². The first kappa shape index (κ1) is 17.0. The molecule has 1 amide bonds. The van der Waals surface area contributed by atoms with Crippen LogP contribution in [0, 0.1) is 6.92 Å². The SMILES string of the molecule is Cc1ccc(NC(=O)C(C)n2cc(-c3cccc4ccccc34)cn2)cc1. The van der Waals surface area contributed by atoms with Crippen molar-refractivity contribution < 1.29 is 4.79 Å². The lowest BCUT2D eigenvalue weighted by atomic mass is 10.0. The molecule has 4 heteroatoms. The Bertz CT molecular complexity index is 1090. The summed E-state index contributed by atoms with van der Waals surface area (Å²) < 4.78 is 1.71. The number of fused-ring (bicyclic) bond motifs is 1. The van der Waals surface area contributed by atoms with E-state index in [9.17, 15) is 4.79 Å². The zero-order chi connectivity index (χ0) is 18.8. The van der Waals surface area contributed by atoms with Gasteiger partial charge < -0.3 is 5.32 Å². The van der Waals surface area contributed by atoms with Crippen molar-refractivity contribution in [2.45, 2.75) is 19.9 Å². The van der Waals surface area contributed by atoms with Gasteiger partial charge in [-0.1, -0.05) is 60.2 Å². The minimum absolute atomic E-state index is 0.0913. The molecule has 4 rings (SSSR count). The van der Waals surface area contributed by atoms with Crippen LogP contribution < -0.4 is 5.32 Å². The molecule has 0 saturated heterocycles. The van der Waals surface area contributed by atoms with E-state index in [0.29, 0.717) is 0 Å². The number of nitrogens with one attached hydrogen (secondary N) is 1. The Morgan fingerprint density at radius 2 is 1.74 bits per heavy atom. The van der Waals surface area contributed by atoms with Crippen LogP contribution in [0.2, 0.25) is 0 Å². The molecule has 3 aromatic carbocycles. The second-order valence-electron chi connectivity index (χ2n) is 6.77. The predicted octanol–water partition coefficient (Wildman–Crippen LogP) is 5.21. The van der Waals surface area contributed by atoms with Gasteiger partial charge in [0, 0.05) is 17.4 Å². The molecule has 0 bridgehead atoms. The lowest BCUT2D eigenvalue weighted by Crippen LogP contribution is -2.23. The largest absolute Gasteiger partial charge is 0.324 e. The van der Waals surface area contributed by atoms with Crippen molar-refractivity contribution in [2.75, 3.05) is 5.32 Å². The zero-order valence-corrected chi connectivity index (χ0v) is 15.4. The van der Waals surface area contributed by atoms with E-state index in [1.807, 2.05) is 68.7 Å². The second kappa shape index (κ2) is 7.08. The number of aryl methyl sites for hydroxylation is 1. The summed E-state index contributed by atoms with van der Waals surface area (Å²) >= 11 is 0. The summed E-state index contributed by atoms with van der Waals surface area (Å²) in [5.74, 6) is -0.0913. The Labute approximate surface area is 158 Å². The fraction of sp³-hybridized carbons (Fsp3) is 0.130. The van der Waals surface area contributed by atoms with Crippen molar-refractivity contribution in [3.05, 3.63) is 84.7 Å². The normalized spacial score (nSPS) is 12.1. The average Bonchev–Trinajstić information content (AvgIpc) is 3.18. The zero-order valence-electron chi connectivity index (χ0n) is 15.4. The number of hydrogen-bond acceptors (Lipinski definition) is 2. The van der Waals surface area contributed by atoms with Crippen molar-refractivity contribution in [3.63, 3.8) is 0 Å². The summed E-state index contributed by atoms with van der Waals surface area (Å²) in [5, 5.41) is 9.74. The summed E-state index contributed by atoms with van der Waals surface area (Å²) in [4.78, 5) is 12.6. The highest BCUT2D eigenvalue weighted by Crippen LogP contribution is 2.28. The molecule has 0 aliphatic heterocycles. The summed E-state index contributed by atoms with van der Waals surface area (Å²) in [7, 11) is 0. The number of anilines is 1. The van der Waals surface area contributed by atoms with Gasteiger partial charge in [0.1, 0.15) is 6.04 Å². The van der Waals surface area contributed by atoms with Gasteiger partial charge in [-0.3, -0.25) is 9.48 Å². The average molecular weight is 355 g/mol. The fourth-order valence-corrected chi connectivity index (χ4v) is 3.17. The van der Waals surface area contributed by atoms with Crippen LogP contribution in [-0.4, -0.2) is 15.7 Å². The first-order valence-electron chi connectivity index (χ1n) is 9.01. The predicted molar refractivity (Wildman–Crippen MR) is 110 cm³/mol. The minimum atomic E-state index is -0.407. The smallest absolute Gasteiger partial charge is 0.248 e. The number of amides is 1. The highest BCUT2D eigenvalue weighted by molar-refractivity contribution is 5.96. The molecule has 1 aromatic heterocycles. The molecule has 0 aliphatic carbocycles. The lowest BCUT2D eigenvalue weighted by Gasteiger charge is -2.13. The lowest BCUT2D eigenvalue weighted by molar-refractivity contribution is -0.119. The molecule has 0 aliphatic rings. The van der Waals surface area contributed by atoms with Crippen molar-refractivity contribution in [3.8, 4) is 11.1 Å². The summed E-state index contributed by atoms with van der Waals surface area (Å²) in [5.41, 5.74) is 4.07. The first-order chi connectivity index (χ1) is 13.1. The summed E-state index contributed by atoms with van der Waals surface area (Å²) in [6.07, 6.45) is 3.75. The van der Waals surface area contributed by atoms with Crippen LogP contribution in [0.4, 0.5) is 5.69 Å². The number of carbonyl (C=O) groups is 1. The van der Waals surface area contributed by atoms with Crippen LogP contribution in [-0.2, 0) is 4.79 Å². The van der Waals surface area contributed by atoms with E-state index in [-0.39, 0.29) is 5.91 Å². The van der Waals surface area contributed by atoms with Crippen molar-refractivity contribution >= 4 is 22.4 Å². The maximum atomic E-state index is 12.6. The van der Waals surface area contributed by atoms with Gasteiger partial charge in [-0.2, -0.15) is 5.10 Å². The van der Waals surface area contributed by atoms with Crippen LogP contribution in [0.5, 0.6) is 0 Å². The molecule has 0 radical (unpaired) electrons. The number of benzene rings is 3. The first-order valence-corrected chi connectivity index (χ1v) is 9.01. The van der Waals surface area contributed by atoms with Gasteiger partial charge in [-0.15, -0.1) is 0 Å². The highest BCUT2D eigenvalue weighted by Gasteiger charge is 2.17. The highest BCUT2D eigenvalue weighted by atomic mass is 16.2. The maximum absolute atomic E-state index is 12.6. The van der Waals surface area contributed by atoms with Crippen LogP contribution in [0.25, 0.3) is 21.9 Å². The van der Waals surface area contributed by atoms with E-state index < -0.39 is 6.04 Å². The van der Waals surface area contributed by atoms with Crippen molar-refractivity contribution in [2.24, 2.45) is 0 Å². The Morgan fingerprint density at radius 3 is 2.56 bits per heavy atom. The molecule has 4 aromatic rings. The van der Waals surface area contributed by atoms with Gasteiger partial charge in [0.05, 0.1) is 6.20 Å². The number of aromatic nitrogens is 2. The fourth-order valence-electron chi connectivity index (χ4n) is 3.17. The van der Waals surface area contributed by atoms with E-state index in [0.717, 1.165) is 22.4 Å². The van der Waals surface area contributed by atoms with Crippen LogP contribution in [0.1, 0.15) is 18.5 Å². The van der Waals surface area contributed by atoms with Gasteiger partial charge in [-0.25, -0.2) is 0 Å². The number of hydrogen-bond donors (Lipinski definition) is 1. The number of rotatable bonds is 4. The van der Waals surface area contributed by atoms with Crippen LogP contribution in [0.15, 0.2) is 79.1 Å². The molecule has 4 nitrogen and oxygen atoms in total. The second-order valence-corrected chi connectivity index (χ2v) is 6.77. The maximum Gasteiger partial charge on any atom is 0.248 e. The Hall–Kier alpha value is -3.40. The summed E-state index contributed by atoms with van der Waals surface area (Å²) in [6.45, 7) is 3.87. The van der Waals surface area contributed by atoms with E-state index in [4.69, 9.17) is 0 Å². The Kier molecular flexibility index (Phi) is 4.47. The van der Waals surface area contributed by atoms with E-state index >= 15 is 0 Å². The van der Waals surface area contributed by atoms with Crippen LogP contribution in [0.3, 0.4) is 0 Å². The third-order valence-electron chi connectivity index (χ3n) is 4.80. The molecule has 1 N–H and O–H groups in total. The van der Waals surface area contributed by atoms with E-state index in [1.54, 1.807) is 4.68 Å². The Morgan fingerprint density at radius 1 is 1.00 bits per heavy atom.